The van der Waals surface area contributed by atoms with E-state index in [0.717, 1.165) is 0 Å². The van der Waals surface area contributed by atoms with E-state index in [4.69, 9.17) is 5.26 Å². The van der Waals surface area contributed by atoms with E-state index in [-0.39, 0.29) is 0 Å². The normalized spacial score (nSPS) is 8.64. The van der Waals surface area contributed by atoms with Gasteiger partial charge in [-0.2, -0.15) is 10.4 Å². The van der Waals surface area contributed by atoms with Crippen molar-refractivity contribution in [2.45, 2.75) is 6.42 Å². The molecule has 0 aliphatic rings. The Morgan fingerprint density at radius 3 is 3.18 bits per heavy atom. The molecule has 4 heteroatoms. The number of nitrogens with one attached hydrogen (secondary N) is 1. The molecule has 0 unspecified atom stereocenters. The molecule has 0 aliphatic heterocycles. The molecule has 56 valence electrons. The molecule has 0 aromatic carbocycles. The first-order valence-electron chi connectivity index (χ1n) is 3.32. The van der Waals surface area contributed by atoms with Gasteiger partial charge in [0, 0.05) is 12.7 Å². The van der Waals surface area contributed by atoms with E-state index in [1.807, 2.05) is 12.1 Å². The van der Waals surface area contributed by atoms with Crippen LogP contribution >= 0.6 is 0 Å². The molecule has 1 heterocycles. The van der Waals surface area contributed by atoms with Crippen LogP contribution in [0.4, 0.5) is 5.82 Å². The maximum Gasteiger partial charge on any atom is 0.148 e. The molecule has 1 aromatic rings. The monoisotopic (exact) mass is 148 g/mol. The van der Waals surface area contributed by atoms with Crippen LogP contribution in [0, 0.1) is 11.3 Å². The van der Waals surface area contributed by atoms with Gasteiger partial charge in [0.1, 0.15) is 5.82 Å². The van der Waals surface area contributed by atoms with Crippen molar-refractivity contribution in [2.24, 2.45) is 0 Å². The highest BCUT2D eigenvalue weighted by molar-refractivity contribution is 5.31. The number of anilines is 1. The van der Waals surface area contributed by atoms with Crippen molar-refractivity contribution < 1.29 is 0 Å². The molecular weight excluding hydrogens is 140 g/mol. The van der Waals surface area contributed by atoms with Gasteiger partial charge in [-0.15, -0.1) is 5.10 Å². The smallest absolute Gasteiger partial charge is 0.148 e. The van der Waals surface area contributed by atoms with Crippen molar-refractivity contribution in [2.75, 3.05) is 11.9 Å². The molecule has 1 aromatic heterocycles. The predicted molar refractivity (Wildman–Crippen MR) is 40.8 cm³/mol. The number of nitriles is 1. The summed E-state index contributed by atoms with van der Waals surface area (Å²) < 4.78 is 0. The fraction of sp³-hybridized carbons (Fsp3) is 0.286. The van der Waals surface area contributed by atoms with Crippen molar-refractivity contribution in [3.63, 3.8) is 0 Å². The summed E-state index contributed by atoms with van der Waals surface area (Å²) in [6.45, 7) is 0.620. The van der Waals surface area contributed by atoms with E-state index in [2.05, 4.69) is 15.5 Å². The fourth-order valence-corrected chi connectivity index (χ4v) is 0.642. The number of hydrogen-bond donors (Lipinski definition) is 1. The number of hydrogen-bond acceptors (Lipinski definition) is 4. The van der Waals surface area contributed by atoms with Crippen LogP contribution < -0.4 is 5.32 Å². The highest BCUT2D eigenvalue weighted by Crippen LogP contribution is 1.96. The number of nitrogens with zero attached hydrogens (tertiary/aromatic N) is 3. The maximum absolute atomic E-state index is 8.22. The fourth-order valence-electron chi connectivity index (χ4n) is 0.642. The quantitative estimate of drug-likeness (QED) is 0.644. The average Bonchev–Trinajstić information content (AvgIpc) is 2.07. The molecule has 11 heavy (non-hydrogen) atoms. The van der Waals surface area contributed by atoms with Crippen LogP contribution in [0.5, 0.6) is 0 Å². The van der Waals surface area contributed by atoms with Gasteiger partial charge in [0.05, 0.1) is 12.5 Å². The standard InChI is InChI=1S/C7H8N4/c8-4-2-5-9-7-3-1-6-10-11-7/h1,3,6H,2,5H2,(H,9,11). The predicted octanol–water partition coefficient (Wildman–Crippen LogP) is 0.802. The Morgan fingerprint density at radius 2 is 2.55 bits per heavy atom. The average molecular weight is 148 g/mol. The maximum atomic E-state index is 8.22. The molecule has 1 rings (SSSR count). The van der Waals surface area contributed by atoms with E-state index in [0.29, 0.717) is 18.8 Å². The second-order valence-corrected chi connectivity index (χ2v) is 1.94. The lowest BCUT2D eigenvalue weighted by Gasteiger charge is -1.98. The second-order valence-electron chi connectivity index (χ2n) is 1.94. The third kappa shape index (κ3) is 2.63. The molecule has 1 N–H and O–H groups in total. The molecule has 4 nitrogen and oxygen atoms in total. The minimum absolute atomic E-state index is 0.483. The summed E-state index contributed by atoms with van der Waals surface area (Å²) in [4.78, 5) is 0. The van der Waals surface area contributed by atoms with Gasteiger partial charge in [-0.25, -0.2) is 0 Å². The SMILES string of the molecule is N#CCCNc1cccnn1. The zero-order valence-corrected chi connectivity index (χ0v) is 5.99. The van der Waals surface area contributed by atoms with Crippen LogP contribution in [0.25, 0.3) is 0 Å². The lowest BCUT2D eigenvalue weighted by atomic mass is 10.4. The summed E-state index contributed by atoms with van der Waals surface area (Å²) in [5, 5.41) is 18.6. The highest BCUT2D eigenvalue weighted by Gasteiger charge is 1.88. The van der Waals surface area contributed by atoms with Gasteiger partial charge >= 0.3 is 0 Å². The molecular formula is C7H8N4. The van der Waals surface area contributed by atoms with Gasteiger partial charge in [-0.3, -0.25) is 0 Å². The van der Waals surface area contributed by atoms with Gasteiger partial charge in [0.25, 0.3) is 0 Å². The van der Waals surface area contributed by atoms with Gasteiger partial charge in [0.15, 0.2) is 0 Å². The zero-order valence-electron chi connectivity index (χ0n) is 5.99. The number of rotatable bonds is 3. The molecule has 0 saturated carbocycles. The van der Waals surface area contributed by atoms with Gasteiger partial charge in [-0.1, -0.05) is 0 Å². The lowest BCUT2D eigenvalue weighted by molar-refractivity contribution is 0.988. The summed E-state index contributed by atoms with van der Waals surface area (Å²) >= 11 is 0. The lowest BCUT2D eigenvalue weighted by Crippen LogP contribution is -2.02. The summed E-state index contributed by atoms with van der Waals surface area (Å²) in [6.07, 6.45) is 2.09. The third-order valence-corrected chi connectivity index (χ3v) is 1.12. The van der Waals surface area contributed by atoms with Crippen LogP contribution in [0.1, 0.15) is 6.42 Å². The third-order valence-electron chi connectivity index (χ3n) is 1.12. The van der Waals surface area contributed by atoms with Crippen molar-refractivity contribution in [1.29, 1.82) is 5.26 Å². The second kappa shape index (κ2) is 4.23. The van der Waals surface area contributed by atoms with E-state index in [1.165, 1.54) is 0 Å². The summed E-state index contributed by atoms with van der Waals surface area (Å²) in [6, 6.07) is 5.63. The molecule has 0 fully saturated rings. The van der Waals surface area contributed by atoms with Crippen molar-refractivity contribution in [3.8, 4) is 6.07 Å². The Bertz CT molecular complexity index is 238. The van der Waals surface area contributed by atoms with E-state index >= 15 is 0 Å². The van der Waals surface area contributed by atoms with Crippen LogP contribution in [0.2, 0.25) is 0 Å². The Hall–Kier alpha value is -1.63. The van der Waals surface area contributed by atoms with E-state index in [1.54, 1.807) is 12.3 Å². The zero-order chi connectivity index (χ0) is 7.94. The minimum atomic E-state index is 0.483. The Kier molecular flexibility index (Phi) is 2.87. The Labute approximate surface area is 64.9 Å². The van der Waals surface area contributed by atoms with Crippen molar-refractivity contribution >= 4 is 5.82 Å². The van der Waals surface area contributed by atoms with Crippen molar-refractivity contribution in [3.05, 3.63) is 18.3 Å². The first-order chi connectivity index (χ1) is 5.43. The molecule has 0 radical (unpaired) electrons. The minimum Gasteiger partial charge on any atom is -0.368 e. The largest absolute Gasteiger partial charge is 0.368 e. The number of aromatic nitrogens is 2. The summed E-state index contributed by atoms with van der Waals surface area (Å²) in [7, 11) is 0. The van der Waals surface area contributed by atoms with Crippen LogP contribution in [-0.2, 0) is 0 Å². The van der Waals surface area contributed by atoms with Crippen LogP contribution in [0.3, 0.4) is 0 Å². The van der Waals surface area contributed by atoms with Gasteiger partial charge in [0.2, 0.25) is 0 Å². The van der Waals surface area contributed by atoms with Gasteiger partial charge < -0.3 is 5.32 Å². The van der Waals surface area contributed by atoms with E-state index in [9.17, 15) is 0 Å². The van der Waals surface area contributed by atoms with Crippen LogP contribution in [-0.4, -0.2) is 16.7 Å². The molecule has 0 bridgehead atoms. The molecule has 0 aliphatic carbocycles. The Morgan fingerprint density at radius 1 is 1.64 bits per heavy atom. The Balaban J connectivity index is 2.35. The van der Waals surface area contributed by atoms with E-state index < -0.39 is 0 Å². The molecule has 0 saturated heterocycles. The first kappa shape index (κ1) is 7.48. The molecule has 0 spiro atoms. The highest BCUT2D eigenvalue weighted by atomic mass is 15.2. The summed E-state index contributed by atoms with van der Waals surface area (Å²) in [5.74, 6) is 0.711. The molecule has 0 amide bonds. The first-order valence-corrected chi connectivity index (χ1v) is 3.32. The van der Waals surface area contributed by atoms with Gasteiger partial charge in [-0.05, 0) is 12.1 Å². The summed E-state index contributed by atoms with van der Waals surface area (Å²) in [5.41, 5.74) is 0. The topological polar surface area (TPSA) is 61.6 Å². The van der Waals surface area contributed by atoms with Crippen LogP contribution in [0.15, 0.2) is 18.3 Å². The van der Waals surface area contributed by atoms with Crippen molar-refractivity contribution in [1.82, 2.24) is 10.2 Å². The molecule has 0 atom stereocenters.